The molecule has 8 rings (SSSR count). The van der Waals surface area contributed by atoms with Crippen LogP contribution in [0.2, 0.25) is 0 Å². The number of hydrogen-bond donors (Lipinski definition) is 2. The van der Waals surface area contributed by atoms with E-state index in [-0.39, 0.29) is 39.6 Å². The summed E-state index contributed by atoms with van der Waals surface area (Å²) in [6.45, 7) is 2.82. The van der Waals surface area contributed by atoms with Crippen molar-refractivity contribution in [3.05, 3.63) is 215 Å². The van der Waals surface area contributed by atoms with Crippen LogP contribution in [0.25, 0.3) is 0 Å². The number of aliphatic hydroxyl groups is 1. The third kappa shape index (κ3) is 16.6. The largest absolute Gasteiger partial charge is 0.385 e. The molecule has 2 aliphatic rings. The van der Waals surface area contributed by atoms with Gasteiger partial charge in [0.15, 0.2) is 12.6 Å². The maximum absolute atomic E-state index is 12.7. The summed E-state index contributed by atoms with van der Waals surface area (Å²) < 4.78 is 68.0. The quantitative estimate of drug-likeness (QED) is 0.0433. The van der Waals surface area contributed by atoms with Gasteiger partial charge in [0.05, 0.1) is 59.5 Å². The van der Waals surface area contributed by atoms with E-state index in [0.29, 0.717) is 26.4 Å². The van der Waals surface area contributed by atoms with Gasteiger partial charge in [-0.2, -0.15) is 11.8 Å². The Kier molecular flexibility index (Phi) is 22.1. The average Bonchev–Trinajstić information content (AvgIpc) is 3.43. The molecular weight excluding hydrogens is 931 g/mol. The lowest BCUT2D eigenvalue weighted by molar-refractivity contribution is -0.379. The SMILES string of the molecule is NCCSCCCO[C@@H]1O[C@H](COCc2ccccc2)[C@@H](OCc2ccccc2)[C@H](OCc2ccccc2)[C@@H]1O[C@@H]1O[C@H](COCc2ccccc2)[C@@H](OCc2ccccc2)[C@H](OCc2ccccc2)[C@@H]1O. The van der Waals surface area contributed by atoms with Crippen LogP contribution in [0.3, 0.4) is 0 Å². The van der Waals surface area contributed by atoms with Crippen LogP contribution in [0, 0.1) is 0 Å². The van der Waals surface area contributed by atoms with Gasteiger partial charge in [-0.3, -0.25) is 0 Å². The second-order valence-electron chi connectivity index (χ2n) is 17.8. The van der Waals surface area contributed by atoms with Crippen LogP contribution < -0.4 is 5.73 Å². The molecule has 2 aliphatic heterocycles. The zero-order valence-corrected chi connectivity index (χ0v) is 41.6. The normalized spacial score (nSPS) is 24.2. The highest BCUT2D eigenvalue weighted by Gasteiger charge is 2.54. The van der Waals surface area contributed by atoms with E-state index in [4.69, 9.17) is 53.1 Å². The van der Waals surface area contributed by atoms with Crippen molar-refractivity contribution in [1.82, 2.24) is 0 Å². The van der Waals surface area contributed by atoms with Gasteiger partial charge in [0.1, 0.15) is 48.8 Å². The van der Waals surface area contributed by atoms with Crippen molar-refractivity contribution < 1.29 is 52.5 Å². The molecule has 10 atom stereocenters. The van der Waals surface area contributed by atoms with E-state index in [2.05, 4.69) is 0 Å². The first kappa shape index (κ1) is 53.5. The molecule has 2 saturated heterocycles. The molecule has 13 heteroatoms. The molecule has 2 heterocycles. The minimum Gasteiger partial charge on any atom is -0.385 e. The summed E-state index contributed by atoms with van der Waals surface area (Å²) in [7, 11) is 0. The zero-order valence-electron chi connectivity index (χ0n) is 40.8. The van der Waals surface area contributed by atoms with Crippen LogP contribution in [0.5, 0.6) is 0 Å². The fourth-order valence-corrected chi connectivity index (χ4v) is 9.41. The van der Waals surface area contributed by atoms with Gasteiger partial charge in [-0.15, -0.1) is 0 Å². The molecular formula is C59H69NO11S. The van der Waals surface area contributed by atoms with Crippen molar-refractivity contribution in [3.8, 4) is 0 Å². The number of ether oxygens (including phenoxy) is 10. The molecule has 6 aromatic rings. The first-order chi connectivity index (χ1) is 35.6. The molecule has 3 N–H and O–H groups in total. The molecule has 6 aromatic carbocycles. The van der Waals surface area contributed by atoms with E-state index in [0.717, 1.165) is 51.3 Å². The van der Waals surface area contributed by atoms with Crippen LogP contribution in [-0.2, 0) is 87.0 Å². The molecule has 382 valence electrons. The molecule has 0 bridgehead atoms. The lowest BCUT2D eigenvalue weighted by Crippen LogP contribution is -2.66. The van der Waals surface area contributed by atoms with Crippen LogP contribution in [0.1, 0.15) is 39.8 Å². The topological polar surface area (TPSA) is 139 Å². The summed E-state index contributed by atoms with van der Waals surface area (Å²) in [5, 5.41) is 12.7. The Labute approximate surface area is 428 Å². The van der Waals surface area contributed by atoms with E-state index in [1.807, 2.05) is 182 Å². The fraction of sp³-hybridized carbons (Fsp3) is 0.390. The standard InChI is InChI=1S/C59H69NO11S/c60-32-35-72-34-19-33-64-59-57(56(68-41-49-30-17-6-18-31-49)54(66-39-47-26-13-4-14-27-47)51(70-59)43-63-37-45-22-9-2-10-23-45)71-58-52(61)55(67-40-48-28-15-5-16-29-48)53(65-38-46-24-11-3-12-25-46)50(69-58)42-62-36-44-20-7-1-8-21-44/h1-18,20-31,50-59,61H,19,32-43,60H2/t50-,51-,52+,53-,54-,55-,56+,57+,58+,59-/m1/s1. The predicted molar refractivity (Wildman–Crippen MR) is 277 cm³/mol. The van der Waals surface area contributed by atoms with Crippen molar-refractivity contribution >= 4 is 11.8 Å². The van der Waals surface area contributed by atoms with Crippen molar-refractivity contribution in [2.75, 3.05) is 37.9 Å². The monoisotopic (exact) mass is 999 g/mol. The number of hydrogen-bond acceptors (Lipinski definition) is 13. The third-order valence-electron chi connectivity index (χ3n) is 12.4. The Bertz CT molecular complexity index is 2340. The van der Waals surface area contributed by atoms with Gasteiger partial charge in [0.2, 0.25) is 0 Å². The van der Waals surface area contributed by atoms with Gasteiger partial charge in [-0.25, -0.2) is 0 Å². The molecule has 0 spiro atoms. The molecule has 0 aliphatic carbocycles. The second kappa shape index (κ2) is 29.8. The summed E-state index contributed by atoms with van der Waals surface area (Å²) in [6.07, 6.45) is -8.65. The lowest BCUT2D eigenvalue weighted by atomic mass is 9.96. The van der Waals surface area contributed by atoms with Gasteiger partial charge >= 0.3 is 0 Å². The number of nitrogens with two attached hydrogens (primary N) is 1. The Morgan fingerprint density at radius 2 is 0.764 bits per heavy atom. The first-order valence-electron chi connectivity index (χ1n) is 25.0. The molecule has 0 saturated carbocycles. The Balaban J connectivity index is 1.13. The maximum atomic E-state index is 12.7. The summed E-state index contributed by atoms with van der Waals surface area (Å²) in [6, 6.07) is 59.7. The molecule has 72 heavy (non-hydrogen) atoms. The van der Waals surface area contributed by atoms with E-state index < -0.39 is 61.4 Å². The van der Waals surface area contributed by atoms with Gasteiger partial charge in [0, 0.05) is 12.3 Å². The third-order valence-corrected chi connectivity index (χ3v) is 13.5. The average molecular weight is 1000 g/mol. The number of thioether (sulfide) groups is 1. The second-order valence-corrected chi connectivity index (χ2v) is 19.1. The zero-order chi connectivity index (χ0) is 49.4. The van der Waals surface area contributed by atoms with E-state index >= 15 is 0 Å². The smallest absolute Gasteiger partial charge is 0.187 e. The number of aliphatic hydroxyl groups excluding tert-OH is 1. The Hall–Kier alpha value is -4.81. The fourth-order valence-electron chi connectivity index (χ4n) is 8.72. The van der Waals surface area contributed by atoms with Gasteiger partial charge in [0.25, 0.3) is 0 Å². The van der Waals surface area contributed by atoms with Crippen molar-refractivity contribution in [3.63, 3.8) is 0 Å². The van der Waals surface area contributed by atoms with Crippen LogP contribution >= 0.6 is 11.8 Å². The summed E-state index contributed by atoms with van der Waals surface area (Å²) in [5.41, 5.74) is 11.7. The summed E-state index contributed by atoms with van der Waals surface area (Å²) >= 11 is 1.77. The van der Waals surface area contributed by atoms with Crippen molar-refractivity contribution in [1.29, 1.82) is 0 Å². The van der Waals surface area contributed by atoms with E-state index in [1.54, 1.807) is 11.8 Å². The number of rotatable bonds is 29. The molecule has 12 nitrogen and oxygen atoms in total. The summed E-state index contributed by atoms with van der Waals surface area (Å²) in [4.78, 5) is 0. The van der Waals surface area contributed by atoms with Gasteiger partial charge in [-0.05, 0) is 45.6 Å². The minimum atomic E-state index is -1.36. The van der Waals surface area contributed by atoms with E-state index in [1.165, 1.54) is 0 Å². The first-order valence-corrected chi connectivity index (χ1v) is 26.2. The summed E-state index contributed by atoms with van der Waals surface area (Å²) in [5.74, 6) is 1.69. The molecule has 0 amide bonds. The van der Waals surface area contributed by atoms with Crippen molar-refractivity contribution in [2.45, 2.75) is 107 Å². The molecule has 0 unspecified atom stereocenters. The maximum Gasteiger partial charge on any atom is 0.187 e. The van der Waals surface area contributed by atoms with E-state index in [9.17, 15) is 5.11 Å². The highest BCUT2D eigenvalue weighted by atomic mass is 32.2. The Morgan fingerprint density at radius 1 is 0.403 bits per heavy atom. The van der Waals surface area contributed by atoms with Gasteiger partial charge in [-0.1, -0.05) is 182 Å². The van der Waals surface area contributed by atoms with Crippen LogP contribution in [0.15, 0.2) is 182 Å². The number of benzene rings is 6. The molecule has 0 radical (unpaired) electrons. The lowest BCUT2D eigenvalue weighted by Gasteiger charge is -2.49. The highest BCUT2D eigenvalue weighted by Crippen LogP contribution is 2.36. The Morgan fingerprint density at radius 3 is 1.18 bits per heavy atom. The predicted octanol–water partition coefficient (Wildman–Crippen LogP) is 9.06. The van der Waals surface area contributed by atoms with Crippen LogP contribution in [-0.4, -0.2) is 104 Å². The molecule has 2 fully saturated rings. The molecule has 0 aromatic heterocycles. The minimum absolute atomic E-state index is 0.102. The van der Waals surface area contributed by atoms with Crippen molar-refractivity contribution in [2.24, 2.45) is 5.73 Å². The van der Waals surface area contributed by atoms with Crippen LogP contribution in [0.4, 0.5) is 0 Å². The van der Waals surface area contributed by atoms with Gasteiger partial charge < -0.3 is 58.2 Å². The highest BCUT2D eigenvalue weighted by molar-refractivity contribution is 7.99.